The van der Waals surface area contributed by atoms with Gasteiger partial charge in [0.2, 0.25) is 0 Å². The normalized spacial score (nSPS) is 12.4. The van der Waals surface area contributed by atoms with Crippen LogP contribution in [0.2, 0.25) is 0 Å². The van der Waals surface area contributed by atoms with Crippen LogP contribution in [0.5, 0.6) is 0 Å². The van der Waals surface area contributed by atoms with Gasteiger partial charge in [-0.3, -0.25) is 0 Å². The summed E-state index contributed by atoms with van der Waals surface area (Å²) >= 11 is 0. The standard InChI is InChI=1S/C18H22/c1-4-15-12-9-13-18(14(15)3)17(5-2)16-10-7-6-8-11-16/h6-13,17H,4-5H2,1-3H3. The second kappa shape index (κ2) is 5.86. The largest absolute Gasteiger partial charge is 0.0645 e. The first-order chi connectivity index (χ1) is 8.77. The van der Waals surface area contributed by atoms with Gasteiger partial charge in [-0.25, -0.2) is 0 Å². The number of hydrogen-bond donors (Lipinski definition) is 0. The fourth-order valence-electron chi connectivity index (χ4n) is 2.78. The first kappa shape index (κ1) is 12.9. The Morgan fingerprint density at radius 3 is 2.22 bits per heavy atom. The number of rotatable bonds is 4. The summed E-state index contributed by atoms with van der Waals surface area (Å²) < 4.78 is 0. The van der Waals surface area contributed by atoms with Crippen molar-refractivity contribution < 1.29 is 0 Å². The fraction of sp³-hybridized carbons (Fsp3) is 0.333. The minimum atomic E-state index is 0.526. The van der Waals surface area contributed by atoms with E-state index in [0.29, 0.717) is 5.92 Å². The predicted octanol–water partition coefficient (Wildman–Crippen LogP) is 5.10. The molecule has 0 aliphatic carbocycles. The molecule has 18 heavy (non-hydrogen) atoms. The van der Waals surface area contributed by atoms with Gasteiger partial charge in [-0.15, -0.1) is 0 Å². The molecule has 2 aromatic rings. The lowest BCUT2D eigenvalue weighted by molar-refractivity contribution is 0.768. The fourth-order valence-corrected chi connectivity index (χ4v) is 2.78. The molecule has 0 N–H and O–H groups in total. The predicted molar refractivity (Wildman–Crippen MR) is 79.1 cm³/mol. The van der Waals surface area contributed by atoms with Crippen LogP contribution in [0.4, 0.5) is 0 Å². The van der Waals surface area contributed by atoms with Crippen molar-refractivity contribution in [2.45, 2.75) is 39.5 Å². The molecule has 1 atom stereocenters. The molecule has 2 rings (SSSR count). The third kappa shape index (κ3) is 2.48. The zero-order chi connectivity index (χ0) is 13.0. The van der Waals surface area contributed by atoms with Gasteiger partial charge in [-0.05, 0) is 42.0 Å². The van der Waals surface area contributed by atoms with E-state index in [9.17, 15) is 0 Å². The molecule has 0 heteroatoms. The topological polar surface area (TPSA) is 0 Å². The Morgan fingerprint density at radius 2 is 1.61 bits per heavy atom. The van der Waals surface area contributed by atoms with E-state index in [1.54, 1.807) is 0 Å². The maximum Gasteiger partial charge on any atom is 0.00894 e. The molecular weight excluding hydrogens is 216 g/mol. The van der Waals surface area contributed by atoms with Crippen LogP contribution in [0.25, 0.3) is 0 Å². The van der Waals surface area contributed by atoms with E-state index in [2.05, 4.69) is 69.3 Å². The van der Waals surface area contributed by atoms with Gasteiger partial charge < -0.3 is 0 Å². The Labute approximate surface area is 111 Å². The summed E-state index contributed by atoms with van der Waals surface area (Å²) in [5.41, 5.74) is 5.86. The highest BCUT2D eigenvalue weighted by atomic mass is 14.2. The SMILES string of the molecule is CCc1cccc(C(CC)c2ccccc2)c1C. The van der Waals surface area contributed by atoms with E-state index in [0.717, 1.165) is 12.8 Å². The zero-order valence-corrected chi connectivity index (χ0v) is 11.6. The molecule has 0 heterocycles. The quantitative estimate of drug-likeness (QED) is 0.695. The smallest absolute Gasteiger partial charge is 0.00894 e. The second-order valence-electron chi connectivity index (χ2n) is 4.86. The molecule has 0 radical (unpaired) electrons. The van der Waals surface area contributed by atoms with Crippen molar-refractivity contribution in [2.75, 3.05) is 0 Å². The number of hydrogen-bond acceptors (Lipinski definition) is 0. The van der Waals surface area contributed by atoms with Crippen LogP contribution < -0.4 is 0 Å². The van der Waals surface area contributed by atoms with Crippen molar-refractivity contribution in [3.8, 4) is 0 Å². The van der Waals surface area contributed by atoms with Crippen LogP contribution in [0.3, 0.4) is 0 Å². The molecule has 0 fully saturated rings. The third-order valence-electron chi connectivity index (χ3n) is 3.85. The summed E-state index contributed by atoms with van der Waals surface area (Å²) in [5.74, 6) is 0.526. The first-order valence-corrected chi connectivity index (χ1v) is 6.91. The average Bonchev–Trinajstić information content (AvgIpc) is 2.43. The highest BCUT2D eigenvalue weighted by Gasteiger charge is 2.14. The Morgan fingerprint density at radius 1 is 0.889 bits per heavy atom. The van der Waals surface area contributed by atoms with E-state index in [1.807, 2.05) is 0 Å². The van der Waals surface area contributed by atoms with Gasteiger partial charge in [0.1, 0.15) is 0 Å². The monoisotopic (exact) mass is 238 g/mol. The number of benzene rings is 2. The highest BCUT2D eigenvalue weighted by molar-refractivity contribution is 5.41. The van der Waals surface area contributed by atoms with Crippen molar-refractivity contribution in [3.05, 3.63) is 70.8 Å². The van der Waals surface area contributed by atoms with Gasteiger partial charge in [0.15, 0.2) is 0 Å². The molecule has 0 spiro atoms. The van der Waals surface area contributed by atoms with Gasteiger partial charge in [0.05, 0.1) is 0 Å². The Hall–Kier alpha value is -1.56. The van der Waals surface area contributed by atoms with E-state index in [-0.39, 0.29) is 0 Å². The minimum absolute atomic E-state index is 0.526. The molecular formula is C18H22. The third-order valence-corrected chi connectivity index (χ3v) is 3.85. The minimum Gasteiger partial charge on any atom is -0.0645 e. The Balaban J connectivity index is 2.46. The summed E-state index contributed by atoms with van der Waals surface area (Å²) in [6, 6.07) is 17.6. The molecule has 0 aromatic heterocycles. The van der Waals surface area contributed by atoms with Crippen molar-refractivity contribution >= 4 is 0 Å². The van der Waals surface area contributed by atoms with Crippen molar-refractivity contribution in [1.82, 2.24) is 0 Å². The maximum atomic E-state index is 2.29. The summed E-state index contributed by atoms with van der Waals surface area (Å²) in [5, 5.41) is 0. The first-order valence-electron chi connectivity index (χ1n) is 6.91. The van der Waals surface area contributed by atoms with Gasteiger partial charge >= 0.3 is 0 Å². The molecule has 0 saturated carbocycles. The van der Waals surface area contributed by atoms with Crippen LogP contribution >= 0.6 is 0 Å². The van der Waals surface area contributed by atoms with E-state index in [4.69, 9.17) is 0 Å². The van der Waals surface area contributed by atoms with Crippen molar-refractivity contribution in [2.24, 2.45) is 0 Å². The molecule has 1 unspecified atom stereocenters. The highest BCUT2D eigenvalue weighted by Crippen LogP contribution is 2.31. The van der Waals surface area contributed by atoms with Crippen LogP contribution in [-0.2, 0) is 6.42 Å². The lowest BCUT2D eigenvalue weighted by Crippen LogP contribution is -2.03. The molecule has 0 saturated heterocycles. The molecule has 0 aliphatic heterocycles. The van der Waals surface area contributed by atoms with E-state index >= 15 is 0 Å². The summed E-state index contributed by atoms with van der Waals surface area (Å²) in [7, 11) is 0. The number of aryl methyl sites for hydroxylation is 1. The maximum absolute atomic E-state index is 2.29. The van der Waals surface area contributed by atoms with Crippen LogP contribution in [-0.4, -0.2) is 0 Å². The molecule has 94 valence electrons. The molecule has 0 aliphatic rings. The van der Waals surface area contributed by atoms with E-state index < -0.39 is 0 Å². The van der Waals surface area contributed by atoms with E-state index in [1.165, 1.54) is 22.3 Å². The Bertz CT molecular complexity index is 497. The van der Waals surface area contributed by atoms with Crippen LogP contribution in [0.15, 0.2) is 48.5 Å². The lowest BCUT2D eigenvalue weighted by atomic mass is 9.85. The van der Waals surface area contributed by atoms with Crippen molar-refractivity contribution in [3.63, 3.8) is 0 Å². The average molecular weight is 238 g/mol. The summed E-state index contributed by atoms with van der Waals surface area (Å²) in [6.07, 6.45) is 2.27. The van der Waals surface area contributed by atoms with Gasteiger partial charge in [-0.1, -0.05) is 62.4 Å². The molecule has 0 nitrogen and oxygen atoms in total. The van der Waals surface area contributed by atoms with Crippen LogP contribution in [0.1, 0.15) is 48.4 Å². The Kier molecular flexibility index (Phi) is 4.19. The van der Waals surface area contributed by atoms with Gasteiger partial charge in [0.25, 0.3) is 0 Å². The van der Waals surface area contributed by atoms with Gasteiger partial charge in [-0.2, -0.15) is 0 Å². The summed E-state index contributed by atoms with van der Waals surface area (Å²) in [6.45, 7) is 6.77. The van der Waals surface area contributed by atoms with Crippen molar-refractivity contribution in [1.29, 1.82) is 0 Å². The zero-order valence-electron chi connectivity index (χ0n) is 11.6. The van der Waals surface area contributed by atoms with Gasteiger partial charge in [0, 0.05) is 5.92 Å². The lowest BCUT2D eigenvalue weighted by Gasteiger charge is -2.20. The van der Waals surface area contributed by atoms with Crippen LogP contribution in [0, 0.1) is 6.92 Å². The molecule has 2 aromatic carbocycles. The molecule has 0 bridgehead atoms. The second-order valence-corrected chi connectivity index (χ2v) is 4.86. The molecule has 0 amide bonds. The summed E-state index contributed by atoms with van der Waals surface area (Å²) in [4.78, 5) is 0.